The molecule has 0 fully saturated rings. The highest BCUT2D eigenvalue weighted by Crippen LogP contribution is 2.24. The molecule has 0 atom stereocenters. The van der Waals surface area contributed by atoms with E-state index in [2.05, 4.69) is 15.9 Å². The Morgan fingerprint density at radius 1 is 1.21 bits per heavy atom. The van der Waals surface area contributed by atoms with Crippen LogP contribution in [0.15, 0.2) is 51.8 Å². The zero-order valence-corrected chi connectivity index (χ0v) is 12.9. The Kier molecular flexibility index (Phi) is 5.02. The second kappa shape index (κ2) is 6.55. The molecule has 5 heteroatoms. The lowest BCUT2D eigenvalue weighted by Gasteiger charge is -2.04. The Balaban J connectivity index is 2.05. The number of rotatable bonds is 4. The molecule has 2 aromatic rings. The van der Waals surface area contributed by atoms with E-state index in [4.69, 9.17) is 11.6 Å². The second-order valence-corrected chi connectivity index (χ2v) is 6.16. The molecule has 1 nitrogen and oxygen atoms in total. The standard InChI is InChI=1S/C14H9BrClFOS/c15-9-1-4-11(5-2-9)19-8-14(18)12-7-10(17)3-6-13(12)16/h1-7H,8H2. The maximum atomic E-state index is 13.1. The summed E-state index contributed by atoms with van der Waals surface area (Å²) in [4.78, 5) is 13.0. The molecule has 0 N–H and O–H groups in total. The van der Waals surface area contributed by atoms with Crippen molar-refractivity contribution in [2.24, 2.45) is 0 Å². The fourth-order valence-electron chi connectivity index (χ4n) is 1.47. The van der Waals surface area contributed by atoms with E-state index < -0.39 is 5.82 Å². The van der Waals surface area contributed by atoms with Gasteiger partial charge in [0.25, 0.3) is 0 Å². The normalized spacial score (nSPS) is 10.5. The van der Waals surface area contributed by atoms with Gasteiger partial charge in [-0.3, -0.25) is 4.79 Å². The molecular formula is C14H9BrClFOS. The Labute approximate surface area is 128 Å². The molecule has 0 spiro atoms. The molecule has 0 radical (unpaired) electrons. The highest BCUT2D eigenvalue weighted by Gasteiger charge is 2.12. The lowest BCUT2D eigenvalue weighted by atomic mass is 10.1. The number of thioether (sulfide) groups is 1. The van der Waals surface area contributed by atoms with Gasteiger partial charge in [-0.05, 0) is 42.5 Å². The molecule has 98 valence electrons. The lowest BCUT2D eigenvalue weighted by Crippen LogP contribution is -2.03. The molecule has 0 bridgehead atoms. The number of hydrogen-bond acceptors (Lipinski definition) is 2. The van der Waals surface area contributed by atoms with Gasteiger partial charge in [0.05, 0.1) is 10.8 Å². The molecule has 0 aliphatic heterocycles. The van der Waals surface area contributed by atoms with Crippen molar-refractivity contribution < 1.29 is 9.18 Å². The van der Waals surface area contributed by atoms with Crippen LogP contribution >= 0.6 is 39.3 Å². The van der Waals surface area contributed by atoms with Crippen molar-refractivity contribution in [3.8, 4) is 0 Å². The average molecular weight is 360 g/mol. The van der Waals surface area contributed by atoms with Crippen LogP contribution in [0, 0.1) is 5.82 Å². The van der Waals surface area contributed by atoms with Crippen molar-refractivity contribution in [2.75, 3.05) is 5.75 Å². The first-order valence-electron chi connectivity index (χ1n) is 5.43. The van der Waals surface area contributed by atoms with E-state index in [0.717, 1.165) is 9.37 Å². The number of benzene rings is 2. The van der Waals surface area contributed by atoms with Crippen molar-refractivity contribution in [3.63, 3.8) is 0 Å². The van der Waals surface area contributed by atoms with E-state index in [1.807, 2.05) is 24.3 Å². The monoisotopic (exact) mass is 358 g/mol. The summed E-state index contributed by atoms with van der Waals surface area (Å²) >= 11 is 10.6. The van der Waals surface area contributed by atoms with Gasteiger partial charge in [0.2, 0.25) is 0 Å². The highest BCUT2D eigenvalue weighted by atomic mass is 79.9. The first kappa shape index (κ1) is 14.6. The van der Waals surface area contributed by atoms with E-state index >= 15 is 0 Å². The van der Waals surface area contributed by atoms with E-state index in [0.29, 0.717) is 0 Å². The summed E-state index contributed by atoms with van der Waals surface area (Å²) in [5.74, 6) is -0.413. The summed E-state index contributed by atoms with van der Waals surface area (Å²) in [7, 11) is 0. The molecule has 0 heterocycles. The molecule has 0 amide bonds. The SMILES string of the molecule is O=C(CSc1ccc(Br)cc1)c1cc(F)ccc1Cl. The lowest BCUT2D eigenvalue weighted by molar-refractivity contribution is 0.102. The average Bonchev–Trinajstić information content (AvgIpc) is 2.40. The summed E-state index contributed by atoms with van der Waals surface area (Å²) in [6.45, 7) is 0. The first-order valence-corrected chi connectivity index (χ1v) is 7.58. The van der Waals surface area contributed by atoms with Crippen LogP contribution in [0.5, 0.6) is 0 Å². The van der Waals surface area contributed by atoms with Crippen molar-refractivity contribution in [2.45, 2.75) is 4.90 Å². The Bertz CT molecular complexity index is 601. The third-order valence-electron chi connectivity index (χ3n) is 2.41. The molecule has 19 heavy (non-hydrogen) atoms. The highest BCUT2D eigenvalue weighted by molar-refractivity contribution is 9.10. The Hall–Kier alpha value is -0.840. The van der Waals surface area contributed by atoms with Gasteiger partial charge in [0, 0.05) is 14.9 Å². The molecule has 2 aromatic carbocycles. The number of carbonyl (C=O) groups excluding carboxylic acids is 1. The van der Waals surface area contributed by atoms with Crippen LogP contribution in [0.4, 0.5) is 4.39 Å². The smallest absolute Gasteiger partial charge is 0.174 e. The number of Topliss-reactive ketones (excluding diaryl/α,β-unsaturated/α-hetero) is 1. The van der Waals surface area contributed by atoms with E-state index in [1.54, 1.807) is 0 Å². The molecular weight excluding hydrogens is 351 g/mol. The largest absolute Gasteiger partial charge is 0.293 e. The summed E-state index contributed by atoms with van der Waals surface area (Å²) < 4.78 is 14.1. The Morgan fingerprint density at radius 2 is 1.89 bits per heavy atom. The third-order valence-corrected chi connectivity index (χ3v) is 4.28. The van der Waals surface area contributed by atoms with Crippen molar-refractivity contribution >= 4 is 45.1 Å². The molecule has 0 saturated heterocycles. The van der Waals surface area contributed by atoms with E-state index in [1.165, 1.54) is 30.0 Å². The van der Waals surface area contributed by atoms with Gasteiger partial charge in [-0.2, -0.15) is 0 Å². The van der Waals surface area contributed by atoms with Crippen LogP contribution < -0.4 is 0 Å². The van der Waals surface area contributed by atoms with Gasteiger partial charge >= 0.3 is 0 Å². The quantitative estimate of drug-likeness (QED) is 0.550. The van der Waals surface area contributed by atoms with Crippen LogP contribution in [0.3, 0.4) is 0 Å². The van der Waals surface area contributed by atoms with Crippen LogP contribution in [-0.2, 0) is 0 Å². The van der Waals surface area contributed by atoms with Crippen LogP contribution in [-0.4, -0.2) is 11.5 Å². The molecule has 0 aliphatic carbocycles. The maximum Gasteiger partial charge on any atom is 0.174 e. The maximum absolute atomic E-state index is 13.1. The fraction of sp³-hybridized carbons (Fsp3) is 0.0714. The third kappa shape index (κ3) is 4.06. The van der Waals surface area contributed by atoms with Crippen molar-refractivity contribution in [3.05, 3.63) is 63.3 Å². The zero-order valence-electron chi connectivity index (χ0n) is 9.70. The minimum Gasteiger partial charge on any atom is -0.293 e. The topological polar surface area (TPSA) is 17.1 Å². The molecule has 0 aliphatic rings. The predicted octanol–water partition coefficient (Wildman–Crippen LogP) is 5.22. The minimum absolute atomic E-state index is 0.183. The van der Waals surface area contributed by atoms with Crippen molar-refractivity contribution in [1.82, 2.24) is 0 Å². The first-order chi connectivity index (χ1) is 9.06. The van der Waals surface area contributed by atoms with E-state index in [9.17, 15) is 9.18 Å². The number of carbonyl (C=O) groups is 1. The molecule has 2 rings (SSSR count). The van der Waals surface area contributed by atoms with Gasteiger partial charge in [0.1, 0.15) is 5.82 Å². The van der Waals surface area contributed by atoms with Crippen LogP contribution in [0.2, 0.25) is 5.02 Å². The minimum atomic E-state index is -0.457. The predicted molar refractivity (Wildman–Crippen MR) is 80.6 cm³/mol. The Morgan fingerprint density at radius 3 is 2.58 bits per heavy atom. The number of hydrogen-bond donors (Lipinski definition) is 0. The van der Waals surface area contributed by atoms with Gasteiger partial charge in [-0.25, -0.2) is 4.39 Å². The number of ketones is 1. The fourth-order valence-corrected chi connectivity index (χ4v) is 2.74. The molecule has 0 unspecified atom stereocenters. The van der Waals surface area contributed by atoms with Gasteiger partial charge < -0.3 is 0 Å². The van der Waals surface area contributed by atoms with Gasteiger partial charge in [0.15, 0.2) is 5.78 Å². The van der Waals surface area contributed by atoms with Gasteiger partial charge in [-0.15, -0.1) is 11.8 Å². The second-order valence-electron chi connectivity index (χ2n) is 3.79. The summed E-state index contributed by atoms with van der Waals surface area (Å²) in [6, 6.07) is 11.4. The van der Waals surface area contributed by atoms with Gasteiger partial charge in [-0.1, -0.05) is 27.5 Å². The van der Waals surface area contributed by atoms with Crippen LogP contribution in [0.1, 0.15) is 10.4 Å². The number of halogens is 3. The van der Waals surface area contributed by atoms with Crippen molar-refractivity contribution in [1.29, 1.82) is 0 Å². The summed E-state index contributed by atoms with van der Waals surface area (Å²) in [5, 5.41) is 0.280. The van der Waals surface area contributed by atoms with E-state index in [-0.39, 0.29) is 22.1 Å². The summed E-state index contributed by atoms with van der Waals surface area (Å²) in [5.41, 5.74) is 0.228. The molecule has 0 saturated carbocycles. The van der Waals surface area contributed by atoms with Crippen LogP contribution in [0.25, 0.3) is 0 Å². The summed E-state index contributed by atoms with van der Waals surface area (Å²) in [6.07, 6.45) is 0. The molecule has 0 aromatic heterocycles. The zero-order chi connectivity index (χ0) is 13.8.